The highest BCUT2D eigenvalue weighted by Gasteiger charge is 2.75. The van der Waals surface area contributed by atoms with Crippen LogP contribution in [0.15, 0.2) is 11.6 Å². The quantitative estimate of drug-likeness (QED) is 0.0655. The third-order valence-corrected chi connectivity index (χ3v) is 21.8. The molecule has 0 aromatic carbocycles. The Balaban J connectivity index is 0.806. The van der Waals surface area contributed by atoms with E-state index in [1.165, 1.54) is 20.8 Å². The Bertz CT molecular complexity index is 2250. The molecule has 16 N–H and O–H groups in total. The summed E-state index contributed by atoms with van der Waals surface area (Å²) in [4.78, 5) is 0. The molecule has 0 amide bonds. The van der Waals surface area contributed by atoms with Gasteiger partial charge >= 0.3 is 0 Å². The fourth-order valence-electron chi connectivity index (χ4n) is 16.3. The number of hydrogen-bond donors (Lipinski definition) is 16. The molecule has 84 heavy (non-hydrogen) atoms. The first-order valence-electron chi connectivity index (χ1n) is 30.2. The standard InChI is InChI=1S/C57H94O27/c1-21(20-74-49-41(67)40(66)37(63)31(18-58)79-49)10-15-56(72)25(5)57(73)33(84-56)17-30-28-9-8-26-16-27(11-13-54(26,6)29(28)12-14-55(30,57)7)78-53-48(83-51-43(69)39(65)35(61)23(3)76-51)44(70)46(32(19-59)80-53)81-52-45(71)47(36(62)24(4)77-52)82-50-42(68)38(64)34(60)22(2)75-50/h8,21-25,27-53,58-73H,9-20H2,1-7H3. The second-order valence-corrected chi connectivity index (χ2v) is 26.7. The molecule has 4 aliphatic carbocycles. The molecular weight excluding hydrogens is 1120 g/mol. The third-order valence-electron chi connectivity index (χ3n) is 21.8. The van der Waals surface area contributed by atoms with Crippen molar-refractivity contribution in [2.24, 2.45) is 40.4 Å². The predicted octanol–water partition coefficient (Wildman–Crippen LogP) is -4.01. The molecule has 3 saturated carbocycles. The Hall–Kier alpha value is -1.34. The average molecular weight is 1210 g/mol. The van der Waals surface area contributed by atoms with Gasteiger partial charge in [-0.05, 0) is 101 Å². The molecule has 10 rings (SSSR count). The Morgan fingerprint density at radius 2 is 1.11 bits per heavy atom. The summed E-state index contributed by atoms with van der Waals surface area (Å²) < 4.78 is 66.5. The van der Waals surface area contributed by atoms with Crippen LogP contribution in [0, 0.1) is 40.4 Å². The second kappa shape index (κ2) is 25.0. The number of hydrogen-bond acceptors (Lipinski definition) is 27. The molecule has 10 aliphatic rings. The van der Waals surface area contributed by atoms with Crippen LogP contribution in [0.4, 0.5) is 0 Å². The lowest BCUT2D eigenvalue weighted by Crippen LogP contribution is -2.67. The fraction of sp³-hybridized carbons (Fsp3) is 0.965. The number of allylic oxidation sites excluding steroid dienone is 1. The maximum absolute atomic E-state index is 13.0. The molecule has 27 heteroatoms. The minimum Gasteiger partial charge on any atom is -0.394 e. The summed E-state index contributed by atoms with van der Waals surface area (Å²) in [5, 5.41) is 175. The van der Waals surface area contributed by atoms with E-state index >= 15 is 0 Å². The summed E-state index contributed by atoms with van der Waals surface area (Å²) in [5.41, 5.74) is -1.05. The molecule has 0 aromatic heterocycles. The maximum Gasteiger partial charge on any atom is 0.187 e. The first kappa shape index (κ1) is 65.6. The Labute approximate surface area is 487 Å². The molecule has 0 aromatic rings. The summed E-state index contributed by atoms with van der Waals surface area (Å²) in [6.45, 7) is 11.2. The number of aliphatic hydroxyl groups is 16. The van der Waals surface area contributed by atoms with E-state index in [-0.39, 0.29) is 42.1 Å². The van der Waals surface area contributed by atoms with E-state index in [2.05, 4.69) is 19.9 Å². The van der Waals surface area contributed by atoms with E-state index in [0.29, 0.717) is 44.9 Å². The molecule has 9 fully saturated rings. The van der Waals surface area contributed by atoms with Gasteiger partial charge in [-0.2, -0.15) is 0 Å². The van der Waals surface area contributed by atoms with Crippen LogP contribution in [0.5, 0.6) is 0 Å². The summed E-state index contributed by atoms with van der Waals surface area (Å²) in [6, 6.07) is 0. The second-order valence-electron chi connectivity index (χ2n) is 26.7. The minimum atomic E-state index is -1.88. The molecule has 484 valence electrons. The van der Waals surface area contributed by atoms with Gasteiger partial charge in [0, 0.05) is 17.8 Å². The third kappa shape index (κ3) is 11.3. The molecule has 0 bridgehead atoms. The average Bonchev–Trinajstić information content (AvgIpc) is 1.52. The Morgan fingerprint density at radius 3 is 1.73 bits per heavy atom. The first-order chi connectivity index (χ1) is 39.5. The lowest BCUT2D eigenvalue weighted by Gasteiger charge is -2.59. The normalized spacial score (nSPS) is 56.2. The highest BCUT2D eigenvalue weighted by atomic mass is 16.8. The highest BCUT2D eigenvalue weighted by molar-refractivity contribution is 5.29. The van der Waals surface area contributed by atoms with E-state index in [0.717, 1.165) is 12.0 Å². The number of rotatable bonds is 16. The smallest absolute Gasteiger partial charge is 0.187 e. The Kier molecular flexibility index (Phi) is 19.6. The number of ether oxygens (including phenoxy) is 11. The van der Waals surface area contributed by atoms with Crippen molar-refractivity contribution in [1.82, 2.24) is 0 Å². The van der Waals surface area contributed by atoms with Crippen molar-refractivity contribution >= 4 is 0 Å². The Morgan fingerprint density at radius 1 is 0.560 bits per heavy atom. The molecule has 6 heterocycles. The molecule has 6 saturated heterocycles. The van der Waals surface area contributed by atoms with Gasteiger partial charge in [0.2, 0.25) is 0 Å². The molecular formula is C57H94O27. The molecule has 0 radical (unpaired) electrons. The van der Waals surface area contributed by atoms with E-state index in [1.54, 1.807) is 0 Å². The zero-order valence-electron chi connectivity index (χ0n) is 48.7. The molecule has 0 spiro atoms. The topological polar surface area (TPSA) is 425 Å². The summed E-state index contributed by atoms with van der Waals surface area (Å²) in [6.07, 6.45) is -32.1. The molecule has 27 nitrogen and oxygen atoms in total. The van der Waals surface area contributed by atoms with Crippen molar-refractivity contribution in [2.75, 3.05) is 19.8 Å². The van der Waals surface area contributed by atoms with Crippen molar-refractivity contribution in [3.8, 4) is 0 Å². The van der Waals surface area contributed by atoms with Gasteiger partial charge in [0.15, 0.2) is 37.2 Å². The summed E-state index contributed by atoms with van der Waals surface area (Å²) in [5.74, 6) is -2.02. The van der Waals surface area contributed by atoms with Crippen molar-refractivity contribution in [2.45, 2.75) is 283 Å². The summed E-state index contributed by atoms with van der Waals surface area (Å²) >= 11 is 0. The van der Waals surface area contributed by atoms with Gasteiger partial charge in [0.1, 0.15) is 109 Å². The van der Waals surface area contributed by atoms with Crippen LogP contribution in [0.25, 0.3) is 0 Å². The van der Waals surface area contributed by atoms with Gasteiger partial charge in [-0.1, -0.05) is 39.3 Å². The number of fused-ring (bicyclic) bond motifs is 7. The van der Waals surface area contributed by atoms with Crippen LogP contribution in [-0.4, -0.2) is 279 Å². The lowest BCUT2D eigenvalue weighted by molar-refractivity contribution is -0.394. The largest absolute Gasteiger partial charge is 0.394 e. The van der Waals surface area contributed by atoms with Crippen LogP contribution < -0.4 is 0 Å². The first-order valence-corrected chi connectivity index (χ1v) is 30.2. The highest BCUT2D eigenvalue weighted by Crippen LogP contribution is 2.71. The SMILES string of the molecule is CC(CCC1(O)OC2CC3C4CC=C5CC(OC6OC(CO)C(OC7OC(C)C(O)C(OC8OC(C)C(O)C(O)C8O)C7O)C(O)C6OC6OC(C)C(O)C(O)C6O)CCC5(C)C4CCC3(C)C2(O)C1C)COC1OC(CO)C(O)C(O)C1O. The summed E-state index contributed by atoms with van der Waals surface area (Å²) in [7, 11) is 0. The van der Waals surface area contributed by atoms with E-state index in [9.17, 15) is 81.7 Å². The van der Waals surface area contributed by atoms with E-state index in [4.69, 9.17) is 52.1 Å². The van der Waals surface area contributed by atoms with Crippen LogP contribution >= 0.6 is 0 Å². The number of aliphatic hydroxyl groups excluding tert-OH is 14. The zero-order valence-corrected chi connectivity index (χ0v) is 48.7. The van der Waals surface area contributed by atoms with Crippen LogP contribution in [0.1, 0.15) is 106 Å². The predicted molar refractivity (Wildman–Crippen MR) is 281 cm³/mol. The maximum atomic E-state index is 13.0. The van der Waals surface area contributed by atoms with Gasteiger partial charge in [-0.15, -0.1) is 0 Å². The van der Waals surface area contributed by atoms with Gasteiger partial charge in [0.25, 0.3) is 0 Å². The van der Waals surface area contributed by atoms with Crippen molar-refractivity contribution in [3.05, 3.63) is 11.6 Å². The van der Waals surface area contributed by atoms with Gasteiger partial charge in [0.05, 0.1) is 50.3 Å². The van der Waals surface area contributed by atoms with Gasteiger partial charge in [-0.25, -0.2) is 0 Å². The van der Waals surface area contributed by atoms with Crippen molar-refractivity contribution in [1.29, 1.82) is 0 Å². The van der Waals surface area contributed by atoms with E-state index < -0.39 is 202 Å². The lowest BCUT2D eigenvalue weighted by atomic mass is 9.46. The van der Waals surface area contributed by atoms with Crippen molar-refractivity contribution < 1.29 is 134 Å². The van der Waals surface area contributed by atoms with E-state index in [1.807, 2.05) is 13.8 Å². The van der Waals surface area contributed by atoms with Crippen LogP contribution in [-0.2, 0) is 52.1 Å². The molecule has 36 atom stereocenters. The van der Waals surface area contributed by atoms with Crippen LogP contribution in [0.3, 0.4) is 0 Å². The monoisotopic (exact) mass is 1210 g/mol. The van der Waals surface area contributed by atoms with Gasteiger partial charge < -0.3 is 134 Å². The molecule has 6 aliphatic heterocycles. The van der Waals surface area contributed by atoms with Gasteiger partial charge in [-0.3, -0.25) is 0 Å². The fourth-order valence-corrected chi connectivity index (χ4v) is 16.3. The minimum absolute atomic E-state index is 0.0616. The van der Waals surface area contributed by atoms with Crippen molar-refractivity contribution in [3.63, 3.8) is 0 Å². The molecule has 36 unspecified atom stereocenters. The zero-order chi connectivity index (χ0) is 61.0. The van der Waals surface area contributed by atoms with Crippen LogP contribution in [0.2, 0.25) is 0 Å².